The van der Waals surface area contributed by atoms with Crippen LogP contribution in [0.15, 0.2) is 72.8 Å². The van der Waals surface area contributed by atoms with E-state index < -0.39 is 0 Å². The Bertz CT molecular complexity index is 683. The Morgan fingerprint density at radius 3 is 0.880 bits per heavy atom. The van der Waals surface area contributed by atoms with Gasteiger partial charge < -0.3 is 14.2 Å². The summed E-state index contributed by atoms with van der Waals surface area (Å²) >= 11 is 0. The predicted octanol–water partition coefficient (Wildman–Crippen LogP) is 3.89. The van der Waals surface area contributed by atoms with E-state index in [4.69, 9.17) is 14.2 Å². The van der Waals surface area contributed by atoms with Crippen LogP contribution in [-0.4, -0.2) is 21.3 Å². The van der Waals surface area contributed by atoms with Gasteiger partial charge in [0.25, 0.3) is 0 Å². The molecular weight excluding hydrogens is 314 g/mol. The molecule has 3 aromatic carbocycles. The Morgan fingerprint density at radius 2 is 0.680 bits per heavy atom. The third kappa shape index (κ3) is 3.75. The normalized spacial score (nSPS) is 10.6. The van der Waals surface area contributed by atoms with Gasteiger partial charge in [0.1, 0.15) is 34.3 Å². The van der Waals surface area contributed by atoms with Crippen molar-refractivity contribution in [3.8, 4) is 17.2 Å². The monoisotopic (exact) mass is 336 g/mol. The van der Waals surface area contributed by atoms with E-state index in [2.05, 4.69) is 36.4 Å². The van der Waals surface area contributed by atoms with Crippen molar-refractivity contribution in [2.24, 2.45) is 0 Å². The summed E-state index contributed by atoms with van der Waals surface area (Å²) in [5.41, 5.74) is 3.36. The highest BCUT2D eigenvalue weighted by Crippen LogP contribution is 2.21. The van der Waals surface area contributed by atoms with Crippen molar-refractivity contribution in [3.05, 3.63) is 72.8 Å². The first-order valence-corrected chi connectivity index (χ1v) is 8.05. The third-order valence-electron chi connectivity index (χ3n) is 4.14. The van der Waals surface area contributed by atoms with E-state index in [1.807, 2.05) is 36.4 Å². The highest BCUT2D eigenvalue weighted by atomic mass is 16.5. The molecule has 0 unspecified atom stereocenters. The van der Waals surface area contributed by atoms with Crippen LogP contribution in [0.2, 0.25) is 0 Å². The molecule has 4 heteroatoms. The van der Waals surface area contributed by atoms with E-state index in [-0.39, 0.29) is 0 Å². The Balaban J connectivity index is 2.04. The van der Waals surface area contributed by atoms with E-state index in [1.54, 1.807) is 21.3 Å². The van der Waals surface area contributed by atoms with E-state index in [1.165, 1.54) is 0 Å². The van der Waals surface area contributed by atoms with Crippen LogP contribution in [0.3, 0.4) is 0 Å². The molecule has 0 atom stereocenters. The van der Waals surface area contributed by atoms with E-state index in [9.17, 15) is 0 Å². The summed E-state index contributed by atoms with van der Waals surface area (Å²) in [6.07, 6.45) is 0. The molecule has 0 spiro atoms. The Morgan fingerprint density at radius 1 is 0.440 bits per heavy atom. The fourth-order valence-electron chi connectivity index (χ4n) is 2.77. The third-order valence-corrected chi connectivity index (χ3v) is 4.14. The molecule has 1 N–H and O–H groups in total. The van der Waals surface area contributed by atoms with Crippen molar-refractivity contribution in [2.75, 3.05) is 21.3 Å². The lowest BCUT2D eigenvalue weighted by Crippen LogP contribution is -2.96. The van der Waals surface area contributed by atoms with Crippen LogP contribution in [0.25, 0.3) is 0 Å². The summed E-state index contributed by atoms with van der Waals surface area (Å²) in [5, 5.41) is 0. The quantitative estimate of drug-likeness (QED) is 0.741. The molecule has 0 aliphatic rings. The van der Waals surface area contributed by atoms with E-state index >= 15 is 0 Å². The number of benzene rings is 3. The van der Waals surface area contributed by atoms with Crippen molar-refractivity contribution in [3.63, 3.8) is 0 Å². The summed E-state index contributed by atoms with van der Waals surface area (Å²) in [6.45, 7) is 0. The lowest BCUT2D eigenvalue weighted by atomic mass is 10.2. The number of rotatable bonds is 6. The highest BCUT2D eigenvalue weighted by Gasteiger charge is 2.19. The minimum Gasteiger partial charge on any atom is -0.497 e. The molecule has 3 aromatic rings. The fourth-order valence-corrected chi connectivity index (χ4v) is 2.77. The van der Waals surface area contributed by atoms with Gasteiger partial charge in [0, 0.05) is 36.4 Å². The van der Waals surface area contributed by atoms with Crippen molar-refractivity contribution < 1.29 is 19.1 Å². The Hall–Kier alpha value is -2.98. The average Bonchev–Trinajstić information content (AvgIpc) is 2.70. The lowest BCUT2D eigenvalue weighted by molar-refractivity contribution is -0.681. The summed E-state index contributed by atoms with van der Waals surface area (Å²) in [6, 6.07) is 24.3. The highest BCUT2D eigenvalue weighted by molar-refractivity contribution is 5.49. The van der Waals surface area contributed by atoms with E-state index in [0.717, 1.165) is 39.2 Å². The second-order valence-corrected chi connectivity index (χ2v) is 5.56. The molecular formula is C21H22NO3+. The van der Waals surface area contributed by atoms with Crippen molar-refractivity contribution in [1.82, 2.24) is 0 Å². The average molecular weight is 336 g/mol. The second kappa shape index (κ2) is 7.73. The van der Waals surface area contributed by atoms with Gasteiger partial charge in [-0.3, -0.25) is 0 Å². The molecule has 0 bridgehead atoms. The van der Waals surface area contributed by atoms with Crippen molar-refractivity contribution in [2.45, 2.75) is 0 Å². The van der Waals surface area contributed by atoms with Gasteiger partial charge in [-0.1, -0.05) is 0 Å². The van der Waals surface area contributed by atoms with Crippen molar-refractivity contribution in [1.29, 1.82) is 0 Å². The van der Waals surface area contributed by atoms with Crippen LogP contribution in [0.1, 0.15) is 0 Å². The summed E-state index contributed by atoms with van der Waals surface area (Å²) in [5.74, 6) is 2.52. The smallest absolute Gasteiger partial charge is 0.141 e. The topological polar surface area (TPSA) is 32.1 Å². The maximum absolute atomic E-state index is 5.28. The van der Waals surface area contributed by atoms with Crippen LogP contribution in [0.5, 0.6) is 17.2 Å². The predicted molar refractivity (Wildman–Crippen MR) is 98.9 cm³/mol. The summed E-state index contributed by atoms with van der Waals surface area (Å²) < 4.78 is 15.8. The number of methoxy groups -OCH3 is 3. The standard InChI is InChI=1S/C21H21NO3/c1-23-19-10-4-16(5-11-19)22(17-6-12-20(24-2)13-7-17)18-8-14-21(25-3)15-9-18/h4-15H,1-3H3/p+1. The van der Waals surface area contributed by atoms with Crippen LogP contribution >= 0.6 is 0 Å². The molecule has 0 saturated carbocycles. The van der Waals surface area contributed by atoms with Gasteiger partial charge in [-0.25, -0.2) is 4.90 Å². The van der Waals surface area contributed by atoms with Gasteiger partial charge in [0.15, 0.2) is 0 Å². The minimum atomic E-state index is 0.840. The number of hydrogen-bond donors (Lipinski definition) is 1. The maximum atomic E-state index is 5.28. The molecule has 0 aliphatic carbocycles. The van der Waals surface area contributed by atoms with Gasteiger partial charge in [0.2, 0.25) is 0 Å². The lowest BCUT2D eigenvalue weighted by Gasteiger charge is -2.19. The van der Waals surface area contributed by atoms with Crippen LogP contribution in [0.4, 0.5) is 17.1 Å². The van der Waals surface area contributed by atoms with Gasteiger partial charge >= 0.3 is 0 Å². The summed E-state index contributed by atoms with van der Waals surface area (Å²) in [7, 11) is 5.02. The first-order chi connectivity index (χ1) is 12.2. The zero-order valence-electron chi connectivity index (χ0n) is 14.7. The number of nitrogens with one attached hydrogen (secondary N) is 1. The first kappa shape index (κ1) is 16.9. The molecule has 0 heterocycles. The maximum Gasteiger partial charge on any atom is 0.141 e. The molecule has 0 amide bonds. The molecule has 0 aromatic heterocycles. The molecule has 0 saturated heterocycles. The van der Waals surface area contributed by atoms with Crippen LogP contribution in [0, 0.1) is 0 Å². The van der Waals surface area contributed by atoms with E-state index in [0.29, 0.717) is 0 Å². The van der Waals surface area contributed by atoms with Crippen molar-refractivity contribution >= 4 is 17.1 Å². The van der Waals surface area contributed by atoms with Gasteiger partial charge in [-0.2, -0.15) is 0 Å². The summed E-state index contributed by atoms with van der Waals surface area (Å²) in [4.78, 5) is 1.15. The zero-order valence-corrected chi connectivity index (χ0v) is 14.7. The molecule has 3 rings (SSSR count). The Labute approximate surface area is 148 Å². The van der Waals surface area contributed by atoms with Gasteiger partial charge in [-0.15, -0.1) is 0 Å². The zero-order chi connectivity index (χ0) is 17.6. The fraction of sp³-hybridized carbons (Fsp3) is 0.143. The number of quaternary nitrogens is 1. The molecule has 0 aliphatic heterocycles. The number of hydrogen-bond acceptors (Lipinski definition) is 3. The molecule has 4 nitrogen and oxygen atoms in total. The van der Waals surface area contributed by atoms with Crippen LogP contribution < -0.4 is 19.1 Å². The second-order valence-electron chi connectivity index (χ2n) is 5.56. The molecule has 0 fully saturated rings. The van der Waals surface area contributed by atoms with Gasteiger partial charge in [-0.05, 0) is 36.4 Å². The minimum absolute atomic E-state index is 0.840. The Kier molecular flexibility index (Phi) is 5.21. The first-order valence-electron chi connectivity index (χ1n) is 8.05. The molecule has 25 heavy (non-hydrogen) atoms. The SMILES string of the molecule is COc1ccc([NH+](c2ccc(OC)cc2)c2ccc(OC)cc2)cc1. The molecule has 0 radical (unpaired) electrons. The van der Waals surface area contributed by atoms with Crippen LogP contribution in [-0.2, 0) is 0 Å². The molecule has 128 valence electrons. The largest absolute Gasteiger partial charge is 0.497 e. The van der Waals surface area contributed by atoms with Gasteiger partial charge in [0.05, 0.1) is 21.3 Å². The number of ether oxygens (including phenoxy) is 3.